The monoisotopic (exact) mass is 249 g/mol. The van der Waals surface area contributed by atoms with Crippen molar-refractivity contribution in [2.75, 3.05) is 7.05 Å². The fourth-order valence-corrected chi connectivity index (χ4v) is 1.56. The Balaban J connectivity index is 2.49. The van der Waals surface area contributed by atoms with Crippen molar-refractivity contribution in [3.63, 3.8) is 0 Å². The third-order valence-corrected chi connectivity index (χ3v) is 2.63. The predicted molar refractivity (Wildman–Crippen MR) is 69.8 cm³/mol. The number of amides is 2. The maximum atomic E-state index is 11.8. The minimum atomic E-state index is -0.653. The number of nitrogens with two attached hydrogens (primary N) is 1. The Morgan fingerprint density at radius 2 is 1.83 bits per heavy atom. The lowest BCUT2D eigenvalue weighted by Crippen LogP contribution is -2.50. The Hall–Kier alpha value is -1.88. The molecule has 2 amide bonds. The van der Waals surface area contributed by atoms with Crippen LogP contribution >= 0.6 is 0 Å². The first-order chi connectivity index (χ1) is 8.54. The molecule has 0 aliphatic heterocycles. The molecule has 0 radical (unpaired) electrons. The third kappa shape index (κ3) is 4.18. The highest BCUT2D eigenvalue weighted by atomic mass is 16.2. The van der Waals surface area contributed by atoms with Gasteiger partial charge in [0.15, 0.2) is 0 Å². The van der Waals surface area contributed by atoms with Crippen molar-refractivity contribution in [1.82, 2.24) is 10.6 Å². The molecule has 98 valence electrons. The number of rotatable bonds is 5. The van der Waals surface area contributed by atoms with E-state index in [9.17, 15) is 9.59 Å². The SMILES string of the molecule is CNC(=O)C(C)NC(=O)[C@H](N)Cc1ccccc1. The van der Waals surface area contributed by atoms with Gasteiger partial charge in [0.05, 0.1) is 6.04 Å². The van der Waals surface area contributed by atoms with Gasteiger partial charge in [-0.3, -0.25) is 9.59 Å². The number of carbonyl (C=O) groups is 2. The molecule has 0 aliphatic carbocycles. The van der Waals surface area contributed by atoms with E-state index in [1.54, 1.807) is 6.92 Å². The molecule has 1 aromatic rings. The summed E-state index contributed by atoms with van der Waals surface area (Å²) in [6, 6.07) is 8.29. The third-order valence-electron chi connectivity index (χ3n) is 2.63. The number of likely N-dealkylation sites (N-methyl/N-ethyl adjacent to an activating group) is 1. The lowest BCUT2D eigenvalue weighted by atomic mass is 10.1. The van der Waals surface area contributed by atoms with Crippen LogP contribution in [0.25, 0.3) is 0 Å². The quantitative estimate of drug-likeness (QED) is 0.676. The molecule has 5 heteroatoms. The molecule has 0 aromatic heterocycles. The van der Waals surface area contributed by atoms with E-state index in [0.29, 0.717) is 6.42 Å². The predicted octanol–water partition coefficient (Wildman–Crippen LogP) is -0.193. The van der Waals surface area contributed by atoms with Crippen molar-refractivity contribution in [3.05, 3.63) is 35.9 Å². The van der Waals surface area contributed by atoms with Crippen molar-refractivity contribution < 1.29 is 9.59 Å². The molecule has 0 heterocycles. The van der Waals surface area contributed by atoms with Crippen LogP contribution in [0.5, 0.6) is 0 Å². The van der Waals surface area contributed by atoms with Gasteiger partial charge in [0.2, 0.25) is 11.8 Å². The highest BCUT2D eigenvalue weighted by molar-refractivity contribution is 5.89. The Kier molecular flexibility index (Phi) is 5.32. The number of hydrogen-bond donors (Lipinski definition) is 3. The van der Waals surface area contributed by atoms with Gasteiger partial charge in [-0.05, 0) is 18.9 Å². The molecule has 0 saturated carbocycles. The summed E-state index contributed by atoms with van der Waals surface area (Å²) in [4.78, 5) is 23.0. The minimum absolute atomic E-state index is 0.240. The van der Waals surface area contributed by atoms with Gasteiger partial charge in [0, 0.05) is 7.05 Å². The average Bonchev–Trinajstić information content (AvgIpc) is 2.38. The van der Waals surface area contributed by atoms with Gasteiger partial charge in [0.25, 0.3) is 0 Å². The second-order valence-electron chi connectivity index (χ2n) is 4.14. The molecular weight excluding hydrogens is 230 g/mol. The van der Waals surface area contributed by atoms with Crippen molar-refractivity contribution in [1.29, 1.82) is 0 Å². The van der Waals surface area contributed by atoms with Crippen molar-refractivity contribution in [2.24, 2.45) is 5.73 Å². The maximum absolute atomic E-state index is 11.8. The van der Waals surface area contributed by atoms with Crippen LogP contribution in [0.3, 0.4) is 0 Å². The van der Waals surface area contributed by atoms with Crippen LogP contribution in [0, 0.1) is 0 Å². The van der Waals surface area contributed by atoms with Crippen LogP contribution in [0.2, 0.25) is 0 Å². The van der Waals surface area contributed by atoms with Crippen molar-refractivity contribution in [3.8, 4) is 0 Å². The highest BCUT2D eigenvalue weighted by Crippen LogP contribution is 2.02. The Morgan fingerprint density at radius 1 is 1.22 bits per heavy atom. The zero-order valence-corrected chi connectivity index (χ0v) is 10.6. The van der Waals surface area contributed by atoms with E-state index in [4.69, 9.17) is 5.73 Å². The first-order valence-corrected chi connectivity index (χ1v) is 5.86. The lowest BCUT2D eigenvalue weighted by Gasteiger charge is -2.16. The number of nitrogens with one attached hydrogen (secondary N) is 2. The van der Waals surface area contributed by atoms with E-state index in [0.717, 1.165) is 5.56 Å². The smallest absolute Gasteiger partial charge is 0.242 e. The molecule has 0 saturated heterocycles. The second kappa shape index (κ2) is 6.76. The fourth-order valence-electron chi connectivity index (χ4n) is 1.56. The molecule has 1 aromatic carbocycles. The molecule has 0 bridgehead atoms. The Morgan fingerprint density at radius 3 is 2.39 bits per heavy atom. The van der Waals surface area contributed by atoms with Gasteiger partial charge in [0.1, 0.15) is 6.04 Å². The van der Waals surface area contributed by atoms with Crippen molar-refractivity contribution in [2.45, 2.75) is 25.4 Å². The van der Waals surface area contributed by atoms with E-state index < -0.39 is 12.1 Å². The van der Waals surface area contributed by atoms with E-state index >= 15 is 0 Å². The molecule has 18 heavy (non-hydrogen) atoms. The van der Waals surface area contributed by atoms with E-state index in [2.05, 4.69) is 10.6 Å². The van der Waals surface area contributed by atoms with Crippen LogP contribution in [0.15, 0.2) is 30.3 Å². The van der Waals surface area contributed by atoms with Gasteiger partial charge >= 0.3 is 0 Å². The second-order valence-corrected chi connectivity index (χ2v) is 4.14. The van der Waals surface area contributed by atoms with Gasteiger partial charge in [-0.15, -0.1) is 0 Å². The number of hydrogen-bond acceptors (Lipinski definition) is 3. The fraction of sp³-hybridized carbons (Fsp3) is 0.385. The maximum Gasteiger partial charge on any atom is 0.242 e. The molecule has 0 spiro atoms. The summed E-state index contributed by atoms with van der Waals surface area (Å²) < 4.78 is 0. The normalized spacial score (nSPS) is 13.5. The van der Waals surface area contributed by atoms with E-state index in [1.807, 2.05) is 30.3 Å². The van der Waals surface area contributed by atoms with E-state index in [-0.39, 0.29) is 11.8 Å². The molecule has 1 unspecified atom stereocenters. The lowest BCUT2D eigenvalue weighted by molar-refractivity contribution is -0.128. The highest BCUT2D eigenvalue weighted by Gasteiger charge is 2.19. The van der Waals surface area contributed by atoms with Crippen LogP contribution in [0.4, 0.5) is 0 Å². The van der Waals surface area contributed by atoms with Gasteiger partial charge in [-0.2, -0.15) is 0 Å². The van der Waals surface area contributed by atoms with Gasteiger partial charge < -0.3 is 16.4 Å². The molecule has 2 atom stereocenters. The largest absolute Gasteiger partial charge is 0.357 e. The minimum Gasteiger partial charge on any atom is -0.357 e. The zero-order valence-electron chi connectivity index (χ0n) is 10.6. The standard InChI is InChI=1S/C13H19N3O2/c1-9(12(17)15-2)16-13(18)11(14)8-10-6-4-3-5-7-10/h3-7,9,11H,8,14H2,1-2H3,(H,15,17)(H,16,18)/t9?,11-/m1/s1. The van der Waals surface area contributed by atoms with Gasteiger partial charge in [-0.25, -0.2) is 0 Å². The Labute approximate surface area is 107 Å². The summed E-state index contributed by atoms with van der Waals surface area (Å²) in [6.07, 6.45) is 0.452. The van der Waals surface area contributed by atoms with Gasteiger partial charge in [-0.1, -0.05) is 30.3 Å². The van der Waals surface area contributed by atoms with E-state index in [1.165, 1.54) is 7.05 Å². The van der Waals surface area contributed by atoms with Crippen LogP contribution in [-0.2, 0) is 16.0 Å². The number of benzene rings is 1. The average molecular weight is 249 g/mol. The molecule has 0 fully saturated rings. The molecule has 1 rings (SSSR count). The molecule has 0 aliphatic rings. The summed E-state index contributed by atoms with van der Waals surface area (Å²) in [5.74, 6) is -0.565. The topological polar surface area (TPSA) is 84.2 Å². The van der Waals surface area contributed by atoms with Crippen molar-refractivity contribution >= 4 is 11.8 Å². The van der Waals surface area contributed by atoms with Crippen LogP contribution in [-0.4, -0.2) is 30.9 Å². The zero-order chi connectivity index (χ0) is 13.5. The first kappa shape index (κ1) is 14.2. The summed E-state index contributed by atoms with van der Waals surface area (Å²) in [5, 5.41) is 5.04. The summed E-state index contributed by atoms with van der Waals surface area (Å²) in [7, 11) is 1.52. The molecular formula is C13H19N3O2. The van der Waals surface area contributed by atoms with Crippen LogP contribution in [0.1, 0.15) is 12.5 Å². The Bertz CT molecular complexity index is 406. The summed E-state index contributed by atoms with van der Waals surface area (Å²) in [5.41, 5.74) is 6.79. The van der Waals surface area contributed by atoms with Crippen LogP contribution < -0.4 is 16.4 Å². The first-order valence-electron chi connectivity index (χ1n) is 5.86. The number of carbonyl (C=O) groups excluding carboxylic acids is 2. The molecule has 5 nitrogen and oxygen atoms in total. The summed E-state index contributed by atoms with van der Waals surface area (Å²) in [6.45, 7) is 1.62. The molecule has 4 N–H and O–H groups in total. The summed E-state index contributed by atoms with van der Waals surface area (Å²) >= 11 is 0.